The van der Waals surface area contributed by atoms with Gasteiger partial charge in [0.15, 0.2) is 0 Å². The van der Waals surface area contributed by atoms with E-state index in [4.69, 9.17) is 11.6 Å². The Morgan fingerprint density at radius 3 is 2.47 bits per heavy atom. The average Bonchev–Trinajstić information content (AvgIpc) is 2.88. The number of nitrogens with one attached hydrogen (secondary N) is 1. The number of rotatable bonds is 7. The number of phenols is 1. The van der Waals surface area contributed by atoms with Gasteiger partial charge in [0.05, 0.1) is 0 Å². The van der Waals surface area contributed by atoms with Crippen molar-refractivity contribution in [1.82, 2.24) is 4.98 Å². The lowest BCUT2D eigenvalue weighted by Gasteiger charge is -1.98. The van der Waals surface area contributed by atoms with Crippen molar-refractivity contribution in [2.75, 3.05) is 5.88 Å². The average molecular weight is 278 g/mol. The summed E-state index contributed by atoms with van der Waals surface area (Å²) in [5.74, 6) is 1.07. The molecule has 1 aromatic carbocycles. The standard InChI is InChI=1S/C16H20ClNO/c17-10-4-2-1-3-5-13-11-16(18-12-13)14-6-8-15(19)9-7-14/h6-9,11-12,18-19H,1-5,10H2. The molecule has 0 amide bonds. The van der Waals surface area contributed by atoms with E-state index in [0.717, 1.165) is 30.0 Å². The first-order chi connectivity index (χ1) is 9.29. The largest absolute Gasteiger partial charge is 0.508 e. The Bertz CT molecular complexity index is 490. The molecule has 0 fully saturated rings. The molecule has 102 valence electrons. The van der Waals surface area contributed by atoms with Gasteiger partial charge in [0, 0.05) is 17.8 Å². The van der Waals surface area contributed by atoms with E-state index in [1.54, 1.807) is 12.1 Å². The van der Waals surface area contributed by atoms with Gasteiger partial charge in [-0.15, -0.1) is 11.6 Å². The molecule has 19 heavy (non-hydrogen) atoms. The van der Waals surface area contributed by atoms with Gasteiger partial charge in [-0.05, 0) is 60.7 Å². The van der Waals surface area contributed by atoms with Crippen molar-refractivity contribution in [3.63, 3.8) is 0 Å². The number of hydrogen-bond acceptors (Lipinski definition) is 1. The number of aromatic amines is 1. The van der Waals surface area contributed by atoms with E-state index in [1.807, 2.05) is 12.1 Å². The summed E-state index contributed by atoms with van der Waals surface area (Å²) in [5, 5.41) is 9.28. The zero-order chi connectivity index (χ0) is 13.5. The Morgan fingerprint density at radius 2 is 1.74 bits per heavy atom. The summed E-state index contributed by atoms with van der Waals surface area (Å²) in [5.41, 5.74) is 3.55. The Labute approximate surface area is 119 Å². The van der Waals surface area contributed by atoms with E-state index >= 15 is 0 Å². The fourth-order valence-corrected chi connectivity index (χ4v) is 2.36. The van der Waals surface area contributed by atoms with Crippen molar-refractivity contribution in [3.8, 4) is 17.0 Å². The first-order valence-electron chi connectivity index (χ1n) is 6.82. The first-order valence-corrected chi connectivity index (χ1v) is 7.36. The second-order valence-corrected chi connectivity index (χ2v) is 5.20. The maximum absolute atomic E-state index is 9.28. The predicted molar refractivity (Wildman–Crippen MR) is 80.8 cm³/mol. The molecule has 0 unspecified atom stereocenters. The number of aromatic nitrogens is 1. The molecule has 0 radical (unpaired) electrons. The van der Waals surface area contributed by atoms with E-state index < -0.39 is 0 Å². The van der Waals surface area contributed by atoms with Crippen molar-refractivity contribution in [1.29, 1.82) is 0 Å². The van der Waals surface area contributed by atoms with E-state index in [1.165, 1.54) is 24.8 Å². The number of alkyl halides is 1. The highest BCUT2D eigenvalue weighted by Gasteiger charge is 2.02. The maximum Gasteiger partial charge on any atom is 0.115 e. The molecule has 0 aliphatic heterocycles. The lowest BCUT2D eigenvalue weighted by molar-refractivity contribution is 0.475. The number of halogens is 1. The Balaban J connectivity index is 1.86. The molecule has 2 rings (SSSR count). The van der Waals surface area contributed by atoms with Crippen LogP contribution in [0.5, 0.6) is 5.75 Å². The van der Waals surface area contributed by atoms with E-state index in [-0.39, 0.29) is 0 Å². The fraction of sp³-hybridized carbons (Fsp3) is 0.375. The van der Waals surface area contributed by atoms with Crippen LogP contribution in [0.4, 0.5) is 0 Å². The van der Waals surface area contributed by atoms with Crippen LogP contribution in [-0.4, -0.2) is 16.0 Å². The summed E-state index contributed by atoms with van der Waals surface area (Å²) in [6.45, 7) is 0. The highest BCUT2D eigenvalue weighted by Crippen LogP contribution is 2.22. The number of hydrogen-bond donors (Lipinski definition) is 2. The van der Waals surface area contributed by atoms with Gasteiger partial charge in [-0.25, -0.2) is 0 Å². The van der Waals surface area contributed by atoms with Crippen LogP contribution < -0.4 is 0 Å². The molecule has 3 heteroatoms. The van der Waals surface area contributed by atoms with Crippen molar-refractivity contribution < 1.29 is 5.11 Å². The lowest BCUT2D eigenvalue weighted by Crippen LogP contribution is -1.84. The molecule has 0 saturated carbocycles. The van der Waals surface area contributed by atoms with Crippen LogP contribution in [0, 0.1) is 0 Å². The molecule has 0 bridgehead atoms. The Kier molecular flexibility index (Phi) is 5.34. The maximum atomic E-state index is 9.28. The quantitative estimate of drug-likeness (QED) is 0.557. The third kappa shape index (κ3) is 4.32. The number of phenolic OH excluding ortho intramolecular Hbond substituents is 1. The monoisotopic (exact) mass is 277 g/mol. The smallest absolute Gasteiger partial charge is 0.115 e. The number of unbranched alkanes of at least 4 members (excludes halogenated alkanes) is 3. The molecule has 0 saturated heterocycles. The molecule has 1 aromatic heterocycles. The van der Waals surface area contributed by atoms with Gasteiger partial charge < -0.3 is 10.1 Å². The number of benzene rings is 1. The van der Waals surface area contributed by atoms with Crippen LogP contribution in [0.15, 0.2) is 36.5 Å². The minimum absolute atomic E-state index is 0.301. The fourth-order valence-electron chi connectivity index (χ4n) is 2.17. The lowest BCUT2D eigenvalue weighted by atomic mass is 10.1. The summed E-state index contributed by atoms with van der Waals surface area (Å²) >= 11 is 5.66. The molecule has 2 N–H and O–H groups in total. The first kappa shape index (κ1) is 14.0. The third-order valence-electron chi connectivity index (χ3n) is 3.27. The highest BCUT2D eigenvalue weighted by molar-refractivity contribution is 6.17. The zero-order valence-corrected chi connectivity index (χ0v) is 11.8. The molecular weight excluding hydrogens is 258 g/mol. The number of aryl methyl sites for hydroxylation is 1. The summed E-state index contributed by atoms with van der Waals surface area (Å²) in [6, 6.07) is 9.45. The van der Waals surface area contributed by atoms with Crippen LogP contribution >= 0.6 is 11.6 Å². The van der Waals surface area contributed by atoms with Crippen LogP contribution in [0.3, 0.4) is 0 Å². The molecule has 2 nitrogen and oxygen atoms in total. The summed E-state index contributed by atoms with van der Waals surface area (Å²) < 4.78 is 0. The summed E-state index contributed by atoms with van der Waals surface area (Å²) in [6.07, 6.45) is 7.98. The summed E-state index contributed by atoms with van der Waals surface area (Å²) in [7, 11) is 0. The van der Waals surface area contributed by atoms with Gasteiger partial charge in [-0.3, -0.25) is 0 Å². The Morgan fingerprint density at radius 1 is 1.00 bits per heavy atom. The van der Waals surface area contributed by atoms with Crippen molar-refractivity contribution >= 4 is 11.6 Å². The predicted octanol–water partition coefficient (Wildman–Crippen LogP) is 4.73. The van der Waals surface area contributed by atoms with E-state index in [2.05, 4.69) is 17.2 Å². The minimum Gasteiger partial charge on any atom is -0.508 e. The topological polar surface area (TPSA) is 36.0 Å². The second-order valence-electron chi connectivity index (χ2n) is 4.82. The third-order valence-corrected chi connectivity index (χ3v) is 3.54. The molecule has 0 atom stereocenters. The van der Waals surface area contributed by atoms with Crippen LogP contribution in [-0.2, 0) is 6.42 Å². The molecule has 2 aromatic rings. The van der Waals surface area contributed by atoms with Gasteiger partial charge in [0.1, 0.15) is 5.75 Å². The normalized spacial score (nSPS) is 10.8. The zero-order valence-electron chi connectivity index (χ0n) is 11.0. The van der Waals surface area contributed by atoms with Crippen LogP contribution in [0.25, 0.3) is 11.3 Å². The van der Waals surface area contributed by atoms with Crippen LogP contribution in [0.1, 0.15) is 31.2 Å². The van der Waals surface area contributed by atoms with E-state index in [9.17, 15) is 5.11 Å². The molecule has 0 spiro atoms. The van der Waals surface area contributed by atoms with Gasteiger partial charge in [-0.1, -0.05) is 12.8 Å². The molecule has 0 aliphatic carbocycles. The van der Waals surface area contributed by atoms with Crippen molar-refractivity contribution in [2.45, 2.75) is 32.1 Å². The molecule has 1 heterocycles. The Hall–Kier alpha value is -1.41. The van der Waals surface area contributed by atoms with Gasteiger partial charge in [0.25, 0.3) is 0 Å². The summed E-state index contributed by atoms with van der Waals surface area (Å²) in [4.78, 5) is 3.29. The second kappa shape index (κ2) is 7.25. The SMILES string of the molecule is Oc1ccc(-c2cc(CCCCCCCl)c[nH]2)cc1. The molecular formula is C16H20ClNO. The van der Waals surface area contributed by atoms with Crippen LogP contribution in [0.2, 0.25) is 0 Å². The van der Waals surface area contributed by atoms with E-state index in [0.29, 0.717) is 5.75 Å². The van der Waals surface area contributed by atoms with Gasteiger partial charge >= 0.3 is 0 Å². The minimum atomic E-state index is 0.301. The highest BCUT2D eigenvalue weighted by atomic mass is 35.5. The van der Waals surface area contributed by atoms with Gasteiger partial charge in [-0.2, -0.15) is 0 Å². The number of H-pyrrole nitrogens is 1. The van der Waals surface area contributed by atoms with Crippen molar-refractivity contribution in [3.05, 3.63) is 42.1 Å². The molecule has 0 aliphatic rings. The van der Waals surface area contributed by atoms with Crippen molar-refractivity contribution in [2.24, 2.45) is 0 Å². The van der Waals surface area contributed by atoms with Gasteiger partial charge in [0.2, 0.25) is 0 Å². The number of aromatic hydroxyl groups is 1.